The van der Waals surface area contributed by atoms with Crippen molar-refractivity contribution in [2.24, 2.45) is 4.99 Å². The fourth-order valence-electron chi connectivity index (χ4n) is 0.549. The van der Waals surface area contributed by atoms with Gasteiger partial charge in [-0.25, -0.2) is 0 Å². The Bertz CT molecular complexity index is 88.3. The average molecular weight is 129 g/mol. The highest BCUT2D eigenvalue weighted by Crippen LogP contribution is 1.67. The van der Waals surface area contributed by atoms with Crippen molar-refractivity contribution < 1.29 is 0 Å². The molecule has 0 atom stereocenters. The van der Waals surface area contributed by atoms with Crippen LogP contribution in [0.1, 0.15) is 13.8 Å². The normalized spacial score (nSPS) is 11.2. The topological polar surface area (TPSA) is 36.4 Å². The fourth-order valence-corrected chi connectivity index (χ4v) is 0.549. The van der Waals surface area contributed by atoms with E-state index in [4.69, 9.17) is 0 Å². The van der Waals surface area contributed by atoms with Crippen LogP contribution < -0.4 is 10.6 Å². The molecule has 0 aliphatic carbocycles. The molecule has 54 valence electrons. The molecule has 0 aromatic rings. The first-order chi connectivity index (χ1) is 4.35. The minimum absolute atomic E-state index is 0.823. The third-order valence-corrected chi connectivity index (χ3v) is 0.897. The minimum atomic E-state index is 0.823. The van der Waals surface area contributed by atoms with E-state index in [-0.39, 0.29) is 0 Å². The van der Waals surface area contributed by atoms with Crippen LogP contribution in [0.5, 0.6) is 0 Å². The summed E-state index contributed by atoms with van der Waals surface area (Å²) >= 11 is 0. The Labute approximate surface area is 56.6 Å². The van der Waals surface area contributed by atoms with Crippen molar-refractivity contribution in [3.63, 3.8) is 0 Å². The minimum Gasteiger partial charge on any atom is -0.359 e. The van der Waals surface area contributed by atoms with Gasteiger partial charge in [-0.3, -0.25) is 4.99 Å². The molecule has 3 nitrogen and oxygen atoms in total. The van der Waals surface area contributed by atoms with Crippen LogP contribution in [0.3, 0.4) is 0 Å². The number of hydrogen-bond acceptors (Lipinski definition) is 1. The van der Waals surface area contributed by atoms with Gasteiger partial charge in [0.25, 0.3) is 0 Å². The number of guanidine groups is 1. The lowest BCUT2D eigenvalue weighted by atomic mass is 10.7. The summed E-state index contributed by atoms with van der Waals surface area (Å²) in [4.78, 5) is 4.13. The molecular weight excluding hydrogens is 114 g/mol. The summed E-state index contributed by atoms with van der Waals surface area (Å²) in [6.07, 6.45) is 0. The molecule has 3 heteroatoms. The Kier molecular flexibility index (Phi) is 4.97. The van der Waals surface area contributed by atoms with Crippen molar-refractivity contribution in [1.82, 2.24) is 10.6 Å². The van der Waals surface area contributed by atoms with Crippen molar-refractivity contribution in [3.8, 4) is 0 Å². The SMILES string of the molecule is CC/N=C(/NC)NCC. The Morgan fingerprint density at radius 2 is 2.11 bits per heavy atom. The summed E-state index contributed by atoms with van der Waals surface area (Å²) in [6.45, 7) is 5.79. The first kappa shape index (κ1) is 8.27. The Balaban J connectivity index is 3.53. The summed E-state index contributed by atoms with van der Waals surface area (Å²) in [5, 5.41) is 6.01. The van der Waals surface area contributed by atoms with E-state index >= 15 is 0 Å². The molecule has 0 aliphatic heterocycles. The predicted molar refractivity (Wildman–Crippen MR) is 40.7 cm³/mol. The zero-order valence-corrected chi connectivity index (χ0v) is 6.36. The lowest BCUT2D eigenvalue weighted by Gasteiger charge is -2.04. The largest absolute Gasteiger partial charge is 0.359 e. The van der Waals surface area contributed by atoms with Crippen LogP contribution in [0.25, 0.3) is 0 Å². The van der Waals surface area contributed by atoms with Crippen molar-refractivity contribution in [2.75, 3.05) is 20.1 Å². The molecular formula is C6H15N3. The van der Waals surface area contributed by atoms with E-state index in [1.807, 2.05) is 20.9 Å². The maximum atomic E-state index is 4.13. The van der Waals surface area contributed by atoms with E-state index in [9.17, 15) is 0 Å². The number of rotatable bonds is 2. The van der Waals surface area contributed by atoms with Crippen LogP contribution in [0.15, 0.2) is 4.99 Å². The molecule has 0 aromatic heterocycles. The first-order valence-corrected chi connectivity index (χ1v) is 3.31. The lowest BCUT2D eigenvalue weighted by molar-refractivity contribution is 0.891. The van der Waals surface area contributed by atoms with E-state index in [0.717, 1.165) is 19.0 Å². The molecule has 0 radical (unpaired) electrons. The van der Waals surface area contributed by atoms with E-state index in [1.54, 1.807) is 0 Å². The Morgan fingerprint density at radius 3 is 2.44 bits per heavy atom. The van der Waals surface area contributed by atoms with E-state index in [1.165, 1.54) is 0 Å². The summed E-state index contributed by atoms with van der Waals surface area (Å²) in [5.74, 6) is 0.875. The summed E-state index contributed by atoms with van der Waals surface area (Å²) in [5.41, 5.74) is 0. The van der Waals surface area contributed by atoms with Gasteiger partial charge >= 0.3 is 0 Å². The number of nitrogens with one attached hydrogen (secondary N) is 2. The highest BCUT2D eigenvalue weighted by molar-refractivity contribution is 5.79. The second-order valence-electron chi connectivity index (χ2n) is 1.60. The third-order valence-electron chi connectivity index (χ3n) is 0.897. The van der Waals surface area contributed by atoms with E-state index < -0.39 is 0 Å². The quantitative estimate of drug-likeness (QED) is 0.412. The van der Waals surface area contributed by atoms with Gasteiger partial charge in [-0.05, 0) is 13.8 Å². The third kappa shape index (κ3) is 3.82. The predicted octanol–water partition coefficient (Wildman–Crippen LogP) is 0.191. The Hall–Kier alpha value is -0.730. The molecule has 0 aliphatic rings. The maximum absolute atomic E-state index is 4.13. The van der Waals surface area contributed by atoms with E-state index in [2.05, 4.69) is 15.6 Å². The molecule has 2 N–H and O–H groups in total. The second kappa shape index (κ2) is 5.41. The van der Waals surface area contributed by atoms with Gasteiger partial charge in [0.05, 0.1) is 0 Å². The molecule has 0 rings (SSSR count). The number of nitrogens with zero attached hydrogens (tertiary/aromatic N) is 1. The number of aliphatic imine (C=N–C) groups is 1. The smallest absolute Gasteiger partial charge is 0.190 e. The molecule has 0 saturated heterocycles. The summed E-state index contributed by atoms with van der Waals surface area (Å²) in [6, 6.07) is 0. The first-order valence-electron chi connectivity index (χ1n) is 3.31. The van der Waals surface area contributed by atoms with Crippen LogP contribution in [0.4, 0.5) is 0 Å². The highest BCUT2D eigenvalue weighted by Gasteiger charge is 1.86. The van der Waals surface area contributed by atoms with Gasteiger partial charge in [-0.15, -0.1) is 0 Å². The molecule has 0 aromatic carbocycles. The van der Waals surface area contributed by atoms with Gasteiger partial charge in [0.1, 0.15) is 0 Å². The van der Waals surface area contributed by atoms with Crippen LogP contribution in [0, 0.1) is 0 Å². The van der Waals surface area contributed by atoms with Crippen LogP contribution >= 0.6 is 0 Å². The highest BCUT2D eigenvalue weighted by atomic mass is 15.1. The molecule has 0 amide bonds. The Morgan fingerprint density at radius 1 is 1.44 bits per heavy atom. The summed E-state index contributed by atoms with van der Waals surface area (Å²) in [7, 11) is 1.86. The van der Waals surface area contributed by atoms with Gasteiger partial charge < -0.3 is 10.6 Å². The van der Waals surface area contributed by atoms with Crippen molar-refractivity contribution in [1.29, 1.82) is 0 Å². The van der Waals surface area contributed by atoms with Crippen molar-refractivity contribution in [2.45, 2.75) is 13.8 Å². The fraction of sp³-hybridized carbons (Fsp3) is 0.833. The van der Waals surface area contributed by atoms with Gasteiger partial charge in [0.2, 0.25) is 0 Å². The lowest BCUT2D eigenvalue weighted by Crippen LogP contribution is -2.34. The van der Waals surface area contributed by atoms with Crippen molar-refractivity contribution >= 4 is 5.96 Å². The van der Waals surface area contributed by atoms with Crippen molar-refractivity contribution in [3.05, 3.63) is 0 Å². The van der Waals surface area contributed by atoms with Gasteiger partial charge in [0, 0.05) is 20.1 Å². The zero-order valence-electron chi connectivity index (χ0n) is 6.36. The molecule has 0 heterocycles. The van der Waals surface area contributed by atoms with E-state index in [0.29, 0.717) is 0 Å². The molecule has 0 bridgehead atoms. The molecule has 0 unspecified atom stereocenters. The van der Waals surface area contributed by atoms with Crippen LogP contribution in [-0.4, -0.2) is 26.1 Å². The van der Waals surface area contributed by atoms with Gasteiger partial charge in [-0.2, -0.15) is 0 Å². The maximum Gasteiger partial charge on any atom is 0.190 e. The van der Waals surface area contributed by atoms with Crippen LogP contribution in [0.2, 0.25) is 0 Å². The average Bonchev–Trinajstić information content (AvgIpc) is 1.88. The van der Waals surface area contributed by atoms with Crippen LogP contribution in [-0.2, 0) is 0 Å². The molecule has 0 fully saturated rings. The standard InChI is InChI=1S/C6H15N3/c1-4-8-6(7-3)9-5-2/h4-5H2,1-3H3,(H2,7,8,9). The molecule has 0 saturated carbocycles. The molecule has 9 heavy (non-hydrogen) atoms. The zero-order chi connectivity index (χ0) is 7.11. The monoisotopic (exact) mass is 129 g/mol. The summed E-state index contributed by atoms with van der Waals surface area (Å²) < 4.78 is 0. The molecule has 0 spiro atoms. The van der Waals surface area contributed by atoms with Gasteiger partial charge in [-0.1, -0.05) is 0 Å². The van der Waals surface area contributed by atoms with Gasteiger partial charge in [0.15, 0.2) is 5.96 Å². The number of hydrogen-bond donors (Lipinski definition) is 2. The second-order valence-corrected chi connectivity index (χ2v) is 1.60.